The predicted molar refractivity (Wildman–Crippen MR) is 108 cm³/mol. The van der Waals surface area contributed by atoms with E-state index in [-0.39, 0.29) is 0 Å². The van der Waals surface area contributed by atoms with Gasteiger partial charge in [-0.2, -0.15) is 0 Å². The normalized spacial score (nSPS) is 49.7. The van der Waals surface area contributed by atoms with Crippen LogP contribution < -0.4 is 0 Å². The monoisotopic (exact) mass is 420 g/mol. The van der Waals surface area contributed by atoms with E-state index in [0.717, 1.165) is 34.2 Å². The van der Waals surface area contributed by atoms with Crippen LogP contribution in [0.2, 0.25) is 0 Å². The van der Waals surface area contributed by atoms with Crippen molar-refractivity contribution < 1.29 is 0 Å². The molecule has 4 rings (SSSR count). The fraction of sp³-hybridized carbons (Fsp3) is 0.800. The van der Waals surface area contributed by atoms with E-state index in [1.165, 1.54) is 12.8 Å². The highest BCUT2D eigenvalue weighted by molar-refractivity contribution is 9.51. The molecule has 0 amide bonds. The van der Waals surface area contributed by atoms with Crippen LogP contribution in [-0.2, 0) is 0 Å². The summed E-state index contributed by atoms with van der Waals surface area (Å²) in [7, 11) is 18.0. The van der Waals surface area contributed by atoms with Crippen molar-refractivity contribution in [2.24, 2.45) is 23.7 Å². The van der Waals surface area contributed by atoms with Crippen LogP contribution >= 0.6 is 90.4 Å². The minimum absolute atomic E-state index is 0.873. The van der Waals surface area contributed by atoms with E-state index < -0.39 is 0 Å². The van der Waals surface area contributed by atoms with Gasteiger partial charge in [-0.3, -0.25) is 0 Å². The Hall–Kier alpha value is 2.89. The summed E-state index contributed by atoms with van der Waals surface area (Å²) >= 11 is 0. The topological polar surface area (TPSA) is 0 Å². The zero-order valence-electron chi connectivity index (χ0n) is 9.71. The highest BCUT2D eigenvalue weighted by Crippen LogP contribution is 2.69. The van der Waals surface area contributed by atoms with E-state index in [4.69, 9.17) is 0 Å². The molecule has 3 fully saturated rings. The summed E-state index contributed by atoms with van der Waals surface area (Å²) in [6, 6.07) is 0. The largest absolute Gasteiger partial charge is 0.0879 e. The lowest BCUT2D eigenvalue weighted by atomic mass is 9.81. The third kappa shape index (κ3) is 3.12. The van der Waals surface area contributed by atoms with Crippen LogP contribution in [0.5, 0.6) is 0 Å². The van der Waals surface area contributed by atoms with Crippen molar-refractivity contribution >= 4 is 90.4 Å². The molecule has 6 atom stereocenters. The molecular formula is C10H12S9. The van der Waals surface area contributed by atoms with Crippen LogP contribution in [0.15, 0.2) is 12.2 Å². The van der Waals surface area contributed by atoms with E-state index in [1.807, 2.05) is 68.8 Å². The molecule has 0 N–H and O–H groups in total. The first-order chi connectivity index (χ1) is 9.45. The Balaban J connectivity index is 1.51. The van der Waals surface area contributed by atoms with Crippen molar-refractivity contribution in [1.82, 2.24) is 0 Å². The summed E-state index contributed by atoms with van der Waals surface area (Å²) in [5.41, 5.74) is 0. The van der Waals surface area contributed by atoms with Crippen LogP contribution in [0.1, 0.15) is 12.8 Å². The second-order valence-electron chi connectivity index (χ2n) is 5.07. The van der Waals surface area contributed by atoms with Crippen LogP contribution in [0.4, 0.5) is 0 Å². The summed E-state index contributed by atoms with van der Waals surface area (Å²) in [5, 5.41) is 1.76. The lowest BCUT2D eigenvalue weighted by molar-refractivity contribution is 0.300. The van der Waals surface area contributed by atoms with Gasteiger partial charge in [0.1, 0.15) is 0 Å². The molecule has 1 heterocycles. The molecule has 106 valence electrons. The number of hydrogen-bond acceptors (Lipinski definition) is 9. The van der Waals surface area contributed by atoms with E-state index in [9.17, 15) is 0 Å². The van der Waals surface area contributed by atoms with Crippen molar-refractivity contribution in [1.29, 1.82) is 0 Å². The first kappa shape index (κ1) is 15.4. The molecule has 4 aliphatic rings. The quantitative estimate of drug-likeness (QED) is 0.286. The molecule has 0 nitrogen and oxygen atoms in total. The van der Waals surface area contributed by atoms with Crippen molar-refractivity contribution in [3.05, 3.63) is 12.2 Å². The van der Waals surface area contributed by atoms with Crippen LogP contribution in [0.3, 0.4) is 0 Å². The van der Waals surface area contributed by atoms with Crippen molar-refractivity contribution in [3.8, 4) is 0 Å². The van der Waals surface area contributed by atoms with Gasteiger partial charge in [0.2, 0.25) is 0 Å². The lowest BCUT2D eigenvalue weighted by Crippen LogP contribution is -2.35. The first-order valence-electron chi connectivity index (χ1n) is 6.10. The number of fused-ring (bicyclic) bond motifs is 8. The standard InChI is InChI=1S/C10H12S9/c1-2-5-6(3-1)8-4-7(5)9-10(8)12-14-16-18-19-17-15-13-11-9/h1-2,5-10H,3-4H2/t5-,6+,7+,8-,9?,10?/m0/s1. The highest BCUT2D eigenvalue weighted by atomic mass is 34.0. The fourth-order valence-electron chi connectivity index (χ4n) is 3.91. The van der Waals surface area contributed by atoms with Gasteiger partial charge in [-0.25, -0.2) is 0 Å². The fourth-order valence-corrected chi connectivity index (χ4v) is 26.4. The molecular weight excluding hydrogens is 409 g/mol. The SMILES string of the molecule is C1=C[C@H]2[C@@H](C1)[C@@H]1C[C@H]2C2SSSSSSSSSC21. The molecule has 0 spiro atoms. The number of hydrogen-bond donors (Lipinski definition) is 0. The molecule has 1 saturated heterocycles. The summed E-state index contributed by atoms with van der Waals surface area (Å²) in [5.74, 6) is 3.85. The van der Waals surface area contributed by atoms with Crippen LogP contribution in [0, 0.1) is 23.7 Å². The van der Waals surface area contributed by atoms with Crippen LogP contribution in [0.25, 0.3) is 0 Å². The van der Waals surface area contributed by atoms with Gasteiger partial charge in [-0.15, -0.1) is 0 Å². The Morgan fingerprint density at radius 2 is 1.32 bits per heavy atom. The Morgan fingerprint density at radius 1 is 0.684 bits per heavy atom. The molecule has 0 aromatic carbocycles. The highest BCUT2D eigenvalue weighted by Gasteiger charge is 2.58. The second-order valence-corrected chi connectivity index (χ2v) is 20.1. The molecule has 2 unspecified atom stereocenters. The summed E-state index contributed by atoms with van der Waals surface area (Å²) < 4.78 is 0. The predicted octanol–water partition coefficient (Wildman–Crippen LogP) is 7.50. The van der Waals surface area contributed by atoms with Gasteiger partial charge in [0, 0.05) is 10.5 Å². The molecule has 1 aliphatic heterocycles. The third-order valence-electron chi connectivity index (χ3n) is 4.48. The van der Waals surface area contributed by atoms with E-state index in [0.29, 0.717) is 0 Å². The molecule has 3 aliphatic carbocycles. The molecule has 9 heteroatoms. The molecule has 2 bridgehead atoms. The molecule has 19 heavy (non-hydrogen) atoms. The van der Waals surface area contributed by atoms with Gasteiger partial charge in [0.25, 0.3) is 0 Å². The van der Waals surface area contributed by atoms with Crippen molar-refractivity contribution in [2.45, 2.75) is 23.3 Å². The van der Waals surface area contributed by atoms with Gasteiger partial charge < -0.3 is 0 Å². The van der Waals surface area contributed by atoms with Crippen LogP contribution in [-0.4, -0.2) is 10.5 Å². The summed E-state index contributed by atoms with van der Waals surface area (Å²) in [6.07, 6.45) is 7.86. The minimum atomic E-state index is 0.873. The maximum absolute atomic E-state index is 2.54. The third-order valence-corrected chi connectivity index (χ3v) is 23.1. The van der Waals surface area contributed by atoms with E-state index >= 15 is 0 Å². The number of allylic oxidation sites excluding steroid dienone is 2. The number of rotatable bonds is 0. The Morgan fingerprint density at radius 3 is 2.05 bits per heavy atom. The first-order valence-corrected chi connectivity index (χ1v) is 17.7. The Kier molecular flexibility index (Phi) is 5.84. The van der Waals surface area contributed by atoms with E-state index in [2.05, 4.69) is 33.7 Å². The minimum Gasteiger partial charge on any atom is -0.0879 e. The van der Waals surface area contributed by atoms with E-state index in [1.54, 1.807) is 0 Å². The lowest BCUT2D eigenvalue weighted by Gasteiger charge is -2.36. The van der Waals surface area contributed by atoms with Gasteiger partial charge in [0.15, 0.2) is 0 Å². The van der Waals surface area contributed by atoms with Crippen molar-refractivity contribution in [2.75, 3.05) is 0 Å². The van der Waals surface area contributed by atoms with Gasteiger partial charge in [-0.05, 0) is 105 Å². The zero-order valence-corrected chi connectivity index (χ0v) is 17.1. The van der Waals surface area contributed by atoms with Gasteiger partial charge in [0.05, 0.1) is 0 Å². The van der Waals surface area contributed by atoms with Gasteiger partial charge in [-0.1, -0.05) is 33.7 Å². The molecule has 2 saturated carbocycles. The molecule has 0 aromatic heterocycles. The maximum atomic E-state index is 2.54. The molecule has 0 aromatic rings. The average Bonchev–Trinajstić information content (AvgIpc) is 3.06. The molecule has 0 radical (unpaired) electrons. The van der Waals surface area contributed by atoms with Gasteiger partial charge >= 0.3 is 0 Å². The van der Waals surface area contributed by atoms with Crippen molar-refractivity contribution in [3.63, 3.8) is 0 Å². The Bertz CT molecular complexity index is 361. The summed E-state index contributed by atoms with van der Waals surface area (Å²) in [6.45, 7) is 0. The zero-order chi connectivity index (χ0) is 12.7. The second kappa shape index (κ2) is 7.20. The average molecular weight is 421 g/mol. The smallest absolute Gasteiger partial charge is 0.0324 e. The summed E-state index contributed by atoms with van der Waals surface area (Å²) in [4.78, 5) is 0. The Labute approximate surface area is 148 Å². The maximum Gasteiger partial charge on any atom is 0.0324 e.